The second kappa shape index (κ2) is 6.43. The lowest BCUT2D eigenvalue weighted by molar-refractivity contribution is 0.0926. The van der Waals surface area contributed by atoms with Crippen LogP contribution in [-0.2, 0) is 0 Å². The van der Waals surface area contributed by atoms with Crippen molar-refractivity contribution in [2.24, 2.45) is 5.92 Å². The molecule has 1 aromatic carbocycles. The molecule has 4 rings (SSSR count). The van der Waals surface area contributed by atoms with E-state index in [4.69, 9.17) is 0 Å². The van der Waals surface area contributed by atoms with Crippen molar-refractivity contribution in [1.82, 2.24) is 30.9 Å². The number of amides is 1. The number of carbonyl (C=O) groups is 1. The number of aromatic amines is 1. The molecule has 1 amide bonds. The first-order valence-electron chi connectivity index (χ1n) is 8.29. The number of nitrogens with one attached hydrogen (secondary N) is 2. The summed E-state index contributed by atoms with van der Waals surface area (Å²) < 4.78 is 0. The number of hydrogen-bond acceptors (Lipinski definition) is 5. The van der Waals surface area contributed by atoms with E-state index in [1.54, 1.807) is 12.1 Å². The Morgan fingerprint density at radius 2 is 2.00 bits per heavy atom. The van der Waals surface area contributed by atoms with Gasteiger partial charge in [-0.3, -0.25) is 4.79 Å². The zero-order valence-corrected chi connectivity index (χ0v) is 13.8. The van der Waals surface area contributed by atoms with Crippen LogP contribution in [-0.4, -0.2) is 31.5 Å². The van der Waals surface area contributed by atoms with Crippen molar-refractivity contribution in [2.45, 2.75) is 25.8 Å². The maximum absolute atomic E-state index is 12.7. The first-order chi connectivity index (χ1) is 12.2. The molecule has 7 heteroatoms. The van der Waals surface area contributed by atoms with Gasteiger partial charge in [0.25, 0.3) is 5.91 Å². The van der Waals surface area contributed by atoms with Gasteiger partial charge in [-0.05, 0) is 48.6 Å². The molecule has 2 aromatic heterocycles. The number of carbonyl (C=O) groups excluding carboxylic acids is 1. The molecule has 0 aliphatic heterocycles. The summed E-state index contributed by atoms with van der Waals surface area (Å²) in [6.45, 7) is 1.83. The average Bonchev–Trinajstić information content (AvgIpc) is 3.34. The van der Waals surface area contributed by atoms with E-state index in [0.29, 0.717) is 23.1 Å². The standard InChI is InChI=1S/C18H18N6O/c1-11-14(17-21-23-24-22-17)9-10-15(19-11)18(25)20-16(13-7-8-13)12-5-3-2-4-6-12/h2-6,9-10,13,16H,7-8H2,1H3,(H,20,25)(H,21,22,23,24). The molecule has 25 heavy (non-hydrogen) atoms. The van der Waals surface area contributed by atoms with Gasteiger partial charge in [0.05, 0.1) is 6.04 Å². The van der Waals surface area contributed by atoms with Crippen LogP contribution < -0.4 is 5.32 Å². The Hall–Kier alpha value is -3.09. The van der Waals surface area contributed by atoms with Gasteiger partial charge in [-0.25, -0.2) is 4.98 Å². The lowest BCUT2D eigenvalue weighted by atomic mass is 10.0. The minimum atomic E-state index is -0.163. The minimum Gasteiger partial charge on any atom is -0.344 e. The number of pyridine rings is 1. The molecule has 1 aliphatic rings. The summed E-state index contributed by atoms with van der Waals surface area (Å²) in [6.07, 6.45) is 2.28. The fraction of sp³-hybridized carbons (Fsp3) is 0.278. The largest absolute Gasteiger partial charge is 0.344 e. The number of aromatic nitrogens is 5. The summed E-state index contributed by atoms with van der Waals surface area (Å²) in [7, 11) is 0. The normalized spacial score (nSPS) is 14.9. The van der Waals surface area contributed by atoms with Crippen molar-refractivity contribution in [2.75, 3.05) is 0 Å². The van der Waals surface area contributed by atoms with E-state index < -0.39 is 0 Å². The van der Waals surface area contributed by atoms with Gasteiger partial charge >= 0.3 is 0 Å². The van der Waals surface area contributed by atoms with Crippen molar-refractivity contribution in [3.63, 3.8) is 0 Å². The first kappa shape index (κ1) is 15.4. The Kier molecular flexibility index (Phi) is 3.97. The smallest absolute Gasteiger partial charge is 0.270 e. The van der Waals surface area contributed by atoms with Gasteiger partial charge in [-0.2, -0.15) is 5.21 Å². The molecule has 1 fully saturated rings. The monoisotopic (exact) mass is 334 g/mol. The molecular formula is C18H18N6O. The van der Waals surface area contributed by atoms with Gasteiger partial charge in [-0.1, -0.05) is 30.3 Å². The van der Waals surface area contributed by atoms with Crippen LogP contribution in [0, 0.1) is 12.8 Å². The first-order valence-corrected chi connectivity index (χ1v) is 8.29. The summed E-state index contributed by atoms with van der Waals surface area (Å²) >= 11 is 0. The summed E-state index contributed by atoms with van der Waals surface area (Å²) in [6, 6.07) is 13.6. The highest BCUT2D eigenvalue weighted by Gasteiger charge is 2.33. The highest BCUT2D eigenvalue weighted by atomic mass is 16.1. The maximum Gasteiger partial charge on any atom is 0.270 e. The van der Waals surface area contributed by atoms with E-state index in [1.165, 1.54) is 0 Å². The Bertz CT molecular complexity index is 874. The number of tetrazole rings is 1. The zero-order chi connectivity index (χ0) is 17.2. The fourth-order valence-corrected chi connectivity index (χ4v) is 2.98. The molecule has 3 aromatic rings. The van der Waals surface area contributed by atoms with Gasteiger partial charge in [-0.15, -0.1) is 10.2 Å². The Balaban J connectivity index is 1.55. The van der Waals surface area contributed by atoms with Crippen molar-refractivity contribution in [1.29, 1.82) is 0 Å². The molecule has 2 N–H and O–H groups in total. The molecule has 0 bridgehead atoms. The summed E-state index contributed by atoms with van der Waals surface area (Å²) in [4.78, 5) is 17.1. The molecule has 0 radical (unpaired) electrons. The Labute approximate surface area is 144 Å². The summed E-state index contributed by atoms with van der Waals surface area (Å²) in [5.41, 5.74) is 2.98. The average molecular weight is 334 g/mol. The molecule has 0 saturated heterocycles. The van der Waals surface area contributed by atoms with E-state index in [2.05, 4.69) is 43.1 Å². The van der Waals surface area contributed by atoms with Crippen LogP contribution in [0.4, 0.5) is 0 Å². The van der Waals surface area contributed by atoms with Crippen LogP contribution in [0.2, 0.25) is 0 Å². The SMILES string of the molecule is Cc1nc(C(=O)NC(c2ccccc2)C2CC2)ccc1-c1nn[nH]n1. The molecule has 1 saturated carbocycles. The van der Waals surface area contributed by atoms with Gasteiger partial charge in [0.1, 0.15) is 5.69 Å². The third kappa shape index (κ3) is 3.26. The van der Waals surface area contributed by atoms with Gasteiger partial charge in [0.2, 0.25) is 5.82 Å². The van der Waals surface area contributed by atoms with Crippen molar-refractivity contribution in [3.8, 4) is 11.4 Å². The highest BCUT2D eigenvalue weighted by Crippen LogP contribution is 2.41. The van der Waals surface area contributed by atoms with Crippen molar-refractivity contribution >= 4 is 5.91 Å². The third-order valence-corrected chi connectivity index (χ3v) is 4.44. The van der Waals surface area contributed by atoms with Crippen molar-refractivity contribution in [3.05, 3.63) is 59.4 Å². The number of nitrogens with zero attached hydrogens (tertiary/aromatic N) is 4. The number of H-pyrrole nitrogens is 1. The molecule has 126 valence electrons. The molecule has 1 aliphatic carbocycles. The van der Waals surface area contributed by atoms with Gasteiger partial charge in [0.15, 0.2) is 0 Å². The Morgan fingerprint density at radius 1 is 1.20 bits per heavy atom. The van der Waals surface area contributed by atoms with Crippen LogP contribution in [0.25, 0.3) is 11.4 Å². The highest BCUT2D eigenvalue weighted by molar-refractivity contribution is 5.93. The minimum absolute atomic E-state index is 0.0349. The van der Waals surface area contributed by atoms with E-state index in [-0.39, 0.29) is 11.9 Å². The summed E-state index contributed by atoms with van der Waals surface area (Å²) in [5.74, 6) is 0.812. The molecule has 7 nitrogen and oxygen atoms in total. The topological polar surface area (TPSA) is 96.5 Å². The van der Waals surface area contributed by atoms with E-state index in [9.17, 15) is 4.79 Å². The van der Waals surface area contributed by atoms with E-state index >= 15 is 0 Å². The third-order valence-electron chi connectivity index (χ3n) is 4.44. The number of rotatable bonds is 5. The molecule has 0 spiro atoms. The molecular weight excluding hydrogens is 316 g/mol. The van der Waals surface area contributed by atoms with E-state index in [0.717, 1.165) is 24.0 Å². The second-order valence-electron chi connectivity index (χ2n) is 6.26. The van der Waals surface area contributed by atoms with E-state index in [1.807, 2.05) is 25.1 Å². The van der Waals surface area contributed by atoms with Crippen molar-refractivity contribution < 1.29 is 4.79 Å². The number of hydrogen-bond donors (Lipinski definition) is 2. The fourth-order valence-electron chi connectivity index (χ4n) is 2.98. The number of aryl methyl sites for hydroxylation is 1. The van der Waals surface area contributed by atoms with Gasteiger partial charge < -0.3 is 5.32 Å². The van der Waals surface area contributed by atoms with Gasteiger partial charge in [0, 0.05) is 11.3 Å². The quantitative estimate of drug-likeness (QED) is 0.747. The molecule has 2 heterocycles. The predicted molar refractivity (Wildman–Crippen MR) is 91.5 cm³/mol. The predicted octanol–water partition coefficient (Wildman–Crippen LogP) is 2.45. The van der Waals surface area contributed by atoms with Crippen LogP contribution in [0.5, 0.6) is 0 Å². The van der Waals surface area contributed by atoms with Crippen LogP contribution in [0.1, 0.15) is 40.6 Å². The summed E-state index contributed by atoms with van der Waals surface area (Å²) in [5, 5.41) is 17.0. The van der Waals surface area contributed by atoms with Crippen LogP contribution >= 0.6 is 0 Å². The molecule has 1 unspecified atom stereocenters. The molecule has 1 atom stereocenters. The zero-order valence-electron chi connectivity index (χ0n) is 13.8. The van der Waals surface area contributed by atoms with Crippen LogP contribution in [0.15, 0.2) is 42.5 Å². The second-order valence-corrected chi connectivity index (χ2v) is 6.26. The Morgan fingerprint density at radius 3 is 2.64 bits per heavy atom. The number of benzene rings is 1. The lowest BCUT2D eigenvalue weighted by Gasteiger charge is -2.18. The lowest BCUT2D eigenvalue weighted by Crippen LogP contribution is -2.30. The van der Waals surface area contributed by atoms with Crippen LogP contribution in [0.3, 0.4) is 0 Å². The maximum atomic E-state index is 12.7.